The summed E-state index contributed by atoms with van der Waals surface area (Å²) in [6.45, 7) is 4.85. The molecule has 1 amide bonds. The summed E-state index contributed by atoms with van der Waals surface area (Å²) in [5.41, 5.74) is 1.72. The number of piperidine rings is 1. The monoisotopic (exact) mass is 305 g/mol. The Morgan fingerprint density at radius 3 is 2.55 bits per heavy atom. The second-order valence-electron chi connectivity index (χ2n) is 5.92. The van der Waals surface area contributed by atoms with Crippen molar-refractivity contribution in [1.29, 1.82) is 0 Å². The first kappa shape index (κ1) is 15.3. The first-order valence-electron chi connectivity index (χ1n) is 7.86. The van der Waals surface area contributed by atoms with Crippen LogP contribution in [0.4, 0.5) is 0 Å². The van der Waals surface area contributed by atoms with Crippen molar-refractivity contribution < 1.29 is 19.0 Å². The lowest BCUT2D eigenvalue weighted by molar-refractivity contribution is -0.0956. The maximum atomic E-state index is 12.6. The Bertz CT molecular complexity index is 531. The third-order valence-electron chi connectivity index (χ3n) is 4.51. The molecule has 1 aromatic rings. The number of aryl methyl sites for hydroxylation is 1. The summed E-state index contributed by atoms with van der Waals surface area (Å²) in [5, 5.41) is 0. The molecule has 5 nitrogen and oxygen atoms in total. The van der Waals surface area contributed by atoms with Crippen molar-refractivity contribution in [3.63, 3.8) is 0 Å². The van der Waals surface area contributed by atoms with E-state index in [-0.39, 0.29) is 12.2 Å². The molecule has 0 unspecified atom stereocenters. The molecule has 0 atom stereocenters. The summed E-state index contributed by atoms with van der Waals surface area (Å²) in [5.74, 6) is 1.23. The van der Waals surface area contributed by atoms with Crippen molar-refractivity contribution in [2.24, 2.45) is 5.92 Å². The van der Waals surface area contributed by atoms with Gasteiger partial charge in [-0.25, -0.2) is 0 Å². The van der Waals surface area contributed by atoms with E-state index in [1.54, 1.807) is 7.11 Å². The van der Waals surface area contributed by atoms with Gasteiger partial charge in [0.1, 0.15) is 5.75 Å². The van der Waals surface area contributed by atoms with Gasteiger partial charge in [0.2, 0.25) is 0 Å². The fourth-order valence-electron chi connectivity index (χ4n) is 3.16. The van der Waals surface area contributed by atoms with Gasteiger partial charge >= 0.3 is 0 Å². The van der Waals surface area contributed by atoms with Crippen LogP contribution in [-0.4, -0.2) is 50.5 Å². The highest BCUT2D eigenvalue weighted by atomic mass is 16.7. The second-order valence-corrected chi connectivity index (χ2v) is 5.92. The van der Waals surface area contributed by atoms with E-state index in [1.165, 1.54) is 0 Å². The highest BCUT2D eigenvalue weighted by Gasteiger charge is 2.32. The van der Waals surface area contributed by atoms with Gasteiger partial charge in [0.05, 0.1) is 20.3 Å². The minimum absolute atomic E-state index is 0.0725. The van der Waals surface area contributed by atoms with E-state index in [1.807, 2.05) is 30.0 Å². The number of rotatable bonds is 3. The molecule has 2 aliphatic heterocycles. The highest BCUT2D eigenvalue weighted by Crippen LogP contribution is 2.27. The largest absolute Gasteiger partial charge is 0.496 e. The van der Waals surface area contributed by atoms with Gasteiger partial charge in [-0.2, -0.15) is 0 Å². The third-order valence-corrected chi connectivity index (χ3v) is 4.51. The molecule has 0 aromatic heterocycles. The zero-order valence-electron chi connectivity index (χ0n) is 13.2. The summed E-state index contributed by atoms with van der Waals surface area (Å²) in [7, 11) is 1.63. The zero-order valence-corrected chi connectivity index (χ0v) is 13.2. The number of hydrogen-bond acceptors (Lipinski definition) is 4. The van der Waals surface area contributed by atoms with Gasteiger partial charge in [-0.1, -0.05) is 6.07 Å². The quantitative estimate of drug-likeness (QED) is 0.859. The number of methoxy groups -OCH3 is 1. The molecule has 0 N–H and O–H groups in total. The van der Waals surface area contributed by atoms with Gasteiger partial charge in [-0.15, -0.1) is 0 Å². The summed E-state index contributed by atoms with van der Waals surface area (Å²) in [6.07, 6.45) is 1.79. The minimum Gasteiger partial charge on any atom is -0.496 e. The molecular weight excluding hydrogens is 282 g/mol. The van der Waals surface area contributed by atoms with Crippen LogP contribution in [0.5, 0.6) is 5.75 Å². The number of likely N-dealkylation sites (tertiary alicyclic amines) is 1. The zero-order chi connectivity index (χ0) is 15.5. The van der Waals surface area contributed by atoms with E-state index in [9.17, 15) is 4.79 Å². The lowest BCUT2D eigenvalue weighted by Gasteiger charge is -2.34. The van der Waals surface area contributed by atoms with Crippen LogP contribution in [-0.2, 0) is 9.47 Å². The molecule has 0 bridgehead atoms. The predicted molar refractivity (Wildman–Crippen MR) is 82.1 cm³/mol. The van der Waals surface area contributed by atoms with Crippen molar-refractivity contribution in [2.75, 3.05) is 33.4 Å². The summed E-state index contributed by atoms with van der Waals surface area (Å²) in [6, 6.07) is 5.63. The first-order chi connectivity index (χ1) is 10.7. The van der Waals surface area contributed by atoms with Crippen LogP contribution >= 0.6 is 0 Å². The molecule has 0 saturated carbocycles. The average molecular weight is 305 g/mol. The molecule has 3 rings (SSSR count). The predicted octanol–water partition coefficient (Wildman–Crippen LogP) is 2.23. The Morgan fingerprint density at radius 1 is 1.23 bits per heavy atom. The third kappa shape index (κ3) is 3.10. The van der Waals surface area contributed by atoms with Crippen molar-refractivity contribution >= 4 is 5.91 Å². The van der Waals surface area contributed by atoms with E-state index in [4.69, 9.17) is 14.2 Å². The maximum Gasteiger partial charge on any atom is 0.253 e. The maximum absolute atomic E-state index is 12.6. The molecule has 5 heteroatoms. The Balaban J connectivity index is 1.62. The van der Waals surface area contributed by atoms with Gasteiger partial charge in [0.15, 0.2) is 6.29 Å². The fourth-order valence-corrected chi connectivity index (χ4v) is 3.16. The van der Waals surface area contributed by atoms with Crippen LogP contribution in [0.25, 0.3) is 0 Å². The number of benzene rings is 1. The molecule has 1 aromatic carbocycles. The van der Waals surface area contributed by atoms with E-state index < -0.39 is 0 Å². The van der Waals surface area contributed by atoms with Crippen LogP contribution in [0.3, 0.4) is 0 Å². The molecule has 0 radical (unpaired) electrons. The van der Waals surface area contributed by atoms with Crippen LogP contribution in [0, 0.1) is 12.8 Å². The van der Waals surface area contributed by atoms with Crippen molar-refractivity contribution in [3.05, 3.63) is 29.3 Å². The second kappa shape index (κ2) is 6.67. The Labute approximate surface area is 131 Å². The van der Waals surface area contributed by atoms with E-state index in [2.05, 4.69) is 0 Å². The molecular formula is C17H23NO4. The summed E-state index contributed by atoms with van der Waals surface area (Å²) < 4.78 is 16.5. The fraction of sp³-hybridized carbons (Fsp3) is 0.588. The molecule has 2 heterocycles. The average Bonchev–Trinajstić information content (AvgIpc) is 3.09. The van der Waals surface area contributed by atoms with Gasteiger partial charge < -0.3 is 19.1 Å². The van der Waals surface area contributed by atoms with Gasteiger partial charge in [0, 0.05) is 24.6 Å². The molecule has 0 spiro atoms. The number of amides is 1. The summed E-state index contributed by atoms with van der Waals surface area (Å²) in [4.78, 5) is 14.5. The van der Waals surface area contributed by atoms with E-state index in [0.717, 1.165) is 37.2 Å². The van der Waals surface area contributed by atoms with Gasteiger partial charge in [0.25, 0.3) is 5.91 Å². The Hall–Kier alpha value is -1.59. The topological polar surface area (TPSA) is 48.0 Å². The standard InChI is InChI=1S/C17H23NO4/c1-12-3-4-14(11-15(12)20-2)16(19)18-7-5-13(6-8-18)17-21-9-10-22-17/h3-4,11,13,17H,5-10H2,1-2H3. The molecule has 2 saturated heterocycles. The van der Waals surface area contributed by atoms with Gasteiger partial charge in [-0.05, 0) is 37.5 Å². The van der Waals surface area contributed by atoms with Gasteiger partial charge in [-0.3, -0.25) is 4.79 Å². The number of carbonyl (C=O) groups excluding carboxylic acids is 1. The lowest BCUT2D eigenvalue weighted by atomic mass is 9.95. The molecule has 2 fully saturated rings. The highest BCUT2D eigenvalue weighted by molar-refractivity contribution is 5.94. The van der Waals surface area contributed by atoms with Crippen molar-refractivity contribution in [1.82, 2.24) is 4.90 Å². The smallest absolute Gasteiger partial charge is 0.253 e. The first-order valence-corrected chi connectivity index (χ1v) is 7.86. The number of carbonyl (C=O) groups is 1. The lowest BCUT2D eigenvalue weighted by Crippen LogP contribution is -2.41. The van der Waals surface area contributed by atoms with E-state index in [0.29, 0.717) is 24.7 Å². The molecule has 0 aliphatic carbocycles. The normalized spacial score (nSPS) is 20.4. The Kier molecular flexibility index (Phi) is 4.64. The SMILES string of the molecule is COc1cc(C(=O)N2CCC(C3OCCO3)CC2)ccc1C. The number of nitrogens with zero attached hydrogens (tertiary/aromatic N) is 1. The van der Waals surface area contributed by atoms with E-state index >= 15 is 0 Å². The van der Waals surface area contributed by atoms with Crippen molar-refractivity contribution in [2.45, 2.75) is 26.1 Å². The minimum atomic E-state index is -0.0725. The molecule has 120 valence electrons. The summed E-state index contributed by atoms with van der Waals surface area (Å²) >= 11 is 0. The number of ether oxygens (including phenoxy) is 3. The Morgan fingerprint density at radius 2 is 1.91 bits per heavy atom. The number of hydrogen-bond donors (Lipinski definition) is 0. The van der Waals surface area contributed by atoms with Crippen LogP contribution in [0.2, 0.25) is 0 Å². The van der Waals surface area contributed by atoms with Crippen molar-refractivity contribution in [3.8, 4) is 5.75 Å². The van der Waals surface area contributed by atoms with Crippen LogP contribution in [0.15, 0.2) is 18.2 Å². The molecule has 2 aliphatic rings. The molecule has 22 heavy (non-hydrogen) atoms. The van der Waals surface area contributed by atoms with Crippen LogP contribution < -0.4 is 4.74 Å². The van der Waals surface area contributed by atoms with Crippen LogP contribution in [0.1, 0.15) is 28.8 Å².